The molecule has 0 N–H and O–H groups in total. The smallest absolute Gasteiger partial charge is 0.0741 e. The third-order valence-electron chi connectivity index (χ3n) is 6.14. The van der Waals surface area contributed by atoms with Crippen LogP contribution in [-0.2, 0) is 0 Å². The van der Waals surface area contributed by atoms with E-state index in [0.717, 1.165) is 23.6 Å². The Morgan fingerprint density at radius 1 is 0.706 bits per heavy atom. The van der Waals surface area contributed by atoms with Crippen LogP contribution in [0.5, 0.6) is 0 Å². The van der Waals surface area contributed by atoms with Crippen LogP contribution in [0.15, 0.2) is 0 Å². The van der Waals surface area contributed by atoms with E-state index in [1.165, 1.54) is 19.3 Å². The second-order valence-corrected chi connectivity index (χ2v) is 7.13. The first-order chi connectivity index (χ1) is 8.43. The molecule has 0 aromatic heterocycles. The summed E-state index contributed by atoms with van der Waals surface area (Å²) >= 11 is 0. The fraction of sp³-hybridized carbons (Fsp3) is 1.00. The fourth-order valence-corrected chi connectivity index (χ4v) is 5.18. The van der Waals surface area contributed by atoms with Crippen LogP contribution in [0.1, 0.15) is 70.6 Å². The lowest BCUT2D eigenvalue weighted by Gasteiger charge is -2.42. The Bertz CT molecular complexity index is 230. The molecular formula is C16H29B. The van der Waals surface area contributed by atoms with Crippen LogP contribution in [0.3, 0.4) is 0 Å². The fourth-order valence-electron chi connectivity index (χ4n) is 5.18. The van der Waals surface area contributed by atoms with E-state index in [2.05, 4.69) is 0 Å². The molecule has 0 heterocycles. The monoisotopic (exact) mass is 232 g/mol. The first-order valence-corrected chi connectivity index (χ1v) is 8.43. The highest BCUT2D eigenvalue weighted by Crippen LogP contribution is 2.45. The van der Waals surface area contributed by atoms with Crippen LogP contribution in [0.2, 0.25) is 12.1 Å². The van der Waals surface area contributed by atoms with Crippen LogP contribution < -0.4 is 0 Å². The third kappa shape index (κ3) is 2.91. The molecule has 1 heteroatoms. The molecule has 0 aliphatic heterocycles. The Labute approximate surface area is 108 Å². The van der Waals surface area contributed by atoms with E-state index in [-0.39, 0.29) is 0 Å². The first kappa shape index (κ1) is 12.1. The molecule has 96 valence electrons. The maximum absolute atomic E-state index is 1.59. The third-order valence-corrected chi connectivity index (χ3v) is 6.14. The van der Waals surface area contributed by atoms with Crippen LogP contribution in [0.25, 0.3) is 0 Å². The van der Waals surface area contributed by atoms with Gasteiger partial charge in [0.05, 0.1) is 0 Å². The largest absolute Gasteiger partial charge is 0.124 e. The molecular weight excluding hydrogens is 203 g/mol. The Morgan fingerprint density at radius 2 is 1.41 bits per heavy atom. The zero-order chi connectivity index (χ0) is 11.5. The molecule has 0 amide bonds. The molecule has 0 aromatic rings. The van der Waals surface area contributed by atoms with Gasteiger partial charge in [-0.3, -0.25) is 0 Å². The van der Waals surface area contributed by atoms with E-state index in [4.69, 9.17) is 0 Å². The van der Waals surface area contributed by atoms with Gasteiger partial charge in [-0.15, -0.1) is 0 Å². The van der Waals surface area contributed by atoms with Crippen molar-refractivity contribution in [2.75, 3.05) is 0 Å². The van der Waals surface area contributed by atoms with Gasteiger partial charge in [-0.1, -0.05) is 76.3 Å². The Hall–Kier alpha value is 0.0649. The molecule has 17 heavy (non-hydrogen) atoms. The molecule has 3 fully saturated rings. The van der Waals surface area contributed by atoms with E-state index in [9.17, 15) is 0 Å². The van der Waals surface area contributed by atoms with Crippen molar-refractivity contribution in [1.29, 1.82) is 0 Å². The van der Waals surface area contributed by atoms with Crippen LogP contribution >= 0.6 is 0 Å². The van der Waals surface area contributed by atoms with Gasteiger partial charge < -0.3 is 0 Å². The Kier molecular flexibility index (Phi) is 4.14. The summed E-state index contributed by atoms with van der Waals surface area (Å²) in [6.45, 7) is 0. The minimum Gasteiger partial charge on any atom is -0.0741 e. The maximum atomic E-state index is 1.59. The van der Waals surface area contributed by atoms with E-state index >= 15 is 0 Å². The summed E-state index contributed by atoms with van der Waals surface area (Å²) in [5.41, 5.74) is 0. The summed E-state index contributed by atoms with van der Waals surface area (Å²) < 4.78 is 0. The number of hydrogen-bond acceptors (Lipinski definition) is 0. The molecule has 0 aromatic carbocycles. The number of fused-ring (bicyclic) bond motifs is 1. The summed E-state index contributed by atoms with van der Waals surface area (Å²) in [4.78, 5) is 0. The molecule has 0 saturated heterocycles. The lowest BCUT2D eigenvalue weighted by Crippen LogP contribution is -2.31. The van der Waals surface area contributed by atoms with Gasteiger partial charge in [-0.05, 0) is 24.2 Å². The van der Waals surface area contributed by atoms with Crippen LogP contribution in [-0.4, -0.2) is 7.28 Å². The van der Waals surface area contributed by atoms with Gasteiger partial charge >= 0.3 is 0 Å². The second-order valence-electron chi connectivity index (χ2n) is 7.13. The summed E-state index contributed by atoms with van der Waals surface area (Å²) in [5, 5.41) is 0. The van der Waals surface area contributed by atoms with E-state index in [1.807, 2.05) is 0 Å². The zero-order valence-electron chi connectivity index (χ0n) is 11.5. The summed E-state index contributed by atoms with van der Waals surface area (Å²) in [6.07, 6.45) is 18.7. The molecule has 3 rings (SSSR count). The van der Waals surface area contributed by atoms with Crippen molar-refractivity contribution in [3.63, 3.8) is 0 Å². The van der Waals surface area contributed by atoms with Crippen molar-refractivity contribution in [2.45, 2.75) is 82.8 Å². The van der Waals surface area contributed by atoms with Gasteiger partial charge in [-0.25, -0.2) is 0 Å². The molecule has 0 bridgehead atoms. The second kappa shape index (κ2) is 5.80. The highest BCUT2D eigenvalue weighted by Gasteiger charge is 2.34. The normalized spacial score (nSPS) is 38.9. The van der Waals surface area contributed by atoms with E-state index in [1.54, 1.807) is 65.0 Å². The number of hydrogen-bond donors (Lipinski definition) is 0. The van der Waals surface area contributed by atoms with Gasteiger partial charge in [0.2, 0.25) is 0 Å². The predicted molar refractivity (Wildman–Crippen MR) is 77.0 cm³/mol. The summed E-state index contributed by atoms with van der Waals surface area (Å²) in [7, 11) is 1.58. The van der Waals surface area contributed by atoms with Crippen molar-refractivity contribution in [3.05, 3.63) is 0 Å². The SMILES string of the molecule is B(CC1CCCC2CCCCC12)C1CCCC1. The van der Waals surface area contributed by atoms with Gasteiger partial charge in [0, 0.05) is 0 Å². The van der Waals surface area contributed by atoms with Crippen molar-refractivity contribution >= 4 is 7.28 Å². The lowest BCUT2D eigenvalue weighted by molar-refractivity contribution is 0.114. The minimum atomic E-state index is 1.12. The number of rotatable bonds is 3. The van der Waals surface area contributed by atoms with Crippen LogP contribution in [0.4, 0.5) is 0 Å². The van der Waals surface area contributed by atoms with Gasteiger partial charge in [0.25, 0.3) is 0 Å². The van der Waals surface area contributed by atoms with E-state index < -0.39 is 0 Å². The summed E-state index contributed by atoms with van der Waals surface area (Å²) in [6, 6.07) is 0. The van der Waals surface area contributed by atoms with Crippen molar-refractivity contribution < 1.29 is 0 Å². The molecule has 0 radical (unpaired) electrons. The van der Waals surface area contributed by atoms with Crippen LogP contribution in [0, 0.1) is 17.8 Å². The molecule has 3 unspecified atom stereocenters. The van der Waals surface area contributed by atoms with Crippen molar-refractivity contribution in [2.24, 2.45) is 17.8 Å². The predicted octanol–water partition coefficient (Wildman–Crippen LogP) is 4.81. The highest BCUT2D eigenvalue weighted by atomic mass is 14.4. The molecule has 3 atom stereocenters. The first-order valence-electron chi connectivity index (χ1n) is 8.43. The molecule has 3 saturated carbocycles. The Morgan fingerprint density at radius 3 is 2.29 bits per heavy atom. The maximum Gasteiger partial charge on any atom is 0.124 e. The quantitative estimate of drug-likeness (QED) is 0.612. The van der Waals surface area contributed by atoms with Gasteiger partial charge in [0.1, 0.15) is 7.28 Å². The molecule has 3 aliphatic carbocycles. The standard InChI is InChI=1S/C16H29B/c1-4-11-16-13(6-1)7-5-8-14(16)12-17-15-9-2-3-10-15/h13-17H,1-12H2. The molecule has 0 nitrogen and oxygen atoms in total. The lowest BCUT2D eigenvalue weighted by atomic mass is 9.53. The van der Waals surface area contributed by atoms with Crippen molar-refractivity contribution in [1.82, 2.24) is 0 Å². The van der Waals surface area contributed by atoms with E-state index in [0.29, 0.717) is 0 Å². The van der Waals surface area contributed by atoms with Crippen molar-refractivity contribution in [3.8, 4) is 0 Å². The molecule has 0 spiro atoms. The van der Waals surface area contributed by atoms with Gasteiger partial charge in [0.15, 0.2) is 0 Å². The average molecular weight is 232 g/mol. The average Bonchev–Trinajstić information content (AvgIpc) is 2.89. The highest BCUT2D eigenvalue weighted by molar-refractivity contribution is 6.37. The molecule has 3 aliphatic rings. The summed E-state index contributed by atoms with van der Waals surface area (Å²) in [5.74, 6) is 4.55. The zero-order valence-corrected chi connectivity index (χ0v) is 11.5. The van der Waals surface area contributed by atoms with Gasteiger partial charge in [-0.2, -0.15) is 0 Å². The minimum absolute atomic E-state index is 1.12. The Balaban J connectivity index is 1.50. The topological polar surface area (TPSA) is 0 Å².